The third-order valence-corrected chi connectivity index (χ3v) is 1.67. The average Bonchev–Trinajstić information content (AvgIpc) is 2.46. The van der Waals surface area contributed by atoms with E-state index in [1.807, 2.05) is 0 Å². The van der Waals surface area contributed by atoms with Crippen LogP contribution in [0, 0.1) is 5.82 Å². The first-order valence-electron chi connectivity index (χ1n) is 2.93. The van der Waals surface area contributed by atoms with Gasteiger partial charge in [-0.05, 0) is 23.3 Å². The number of hydrogen-bond acceptors (Lipinski definition) is 1. The molecule has 1 unspecified atom stereocenters. The highest BCUT2D eigenvalue weighted by molar-refractivity contribution is 5.58. The van der Waals surface area contributed by atoms with Gasteiger partial charge in [-0.3, -0.25) is 0 Å². The third kappa shape index (κ3) is 0.546. The smallest absolute Gasteiger partial charge is 0.151 e. The van der Waals surface area contributed by atoms with Crippen LogP contribution < -0.4 is 5.73 Å². The number of anilines is 1. The van der Waals surface area contributed by atoms with Crippen LogP contribution in [0.5, 0.6) is 0 Å². The van der Waals surface area contributed by atoms with Gasteiger partial charge in [0.05, 0.1) is 5.69 Å². The molecule has 0 aromatic heterocycles. The molecular weight excluding hydrogens is 136 g/mol. The first kappa shape index (κ1) is 5.65. The predicted molar refractivity (Wildman–Crippen MR) is 33.8 cm³/mol. The molecule has 52 valence electrons. The fourth-order valence-electron chi connectivity index (χ4n) is 0.995. The lowest BCUT2D eigenvalue weighted by atomic mass is 10.3. The quantitative estimate of drug-likeness (QED) is 0.547. The number of benzene rings is 1. The number of fused-ring (bicyclic) bond motifs is 1. The zero-order valence-corrected chi connectivity index (χ0v) is 5.07. The molecule has 0 saturated heterocycles. The Bertz CT molecular complexity index is 267. The molecule has 2 N–H and O–H groups in total. The number of nitrogens with two attached hydrogens (primary N) is 1. The molecule has 0 aliphatic heterocycles. The SMILES string of the molecule is Nc1cc2c(cc1F)C2F. The Labute approximate surface area is 56.5 Å². The van der Waals surface area contributed by atoms with E-state index in [4.69, 9.17) is 5.73 Å². The predicted octanol–water partition coefficient (Wildman–Crippen LogP) is 1.78. The van der Waals surface area contributed by atoms with Crippen molar-refractivity contribution in [1.82, 2.24) is 0 Å². The minimum absolute atomic E-state index is 0.0268. The van der Waals surface area contributed by atoms with Gasteiger partial charge < -0.3 is 5.73 Å². The van der Waals surface area contributed by atoms with E-state index in [9.17, 15) is 8.78 Å². The summed E-state index contributed by atoms with van der Waals surface area (Å²) < 4.78 is 24.9. The van der Waals surface area contributed by atoms with Crippen molar-refractivity contribution in [3.05, 3.63) is 29.1 Å². The highest BCUT2D eigenvalue weighted by Crippen LogP contribution is 2.45. The summed E-state index contributed by atoms with van der Waals surface area (Å²) in [6.45, 7) is 0. The Morgan fingerprint density at radius 1 is 1.30 bits per heavy atom. The largest absolute Gasteiger partial charge is 0.396 e. The van der Waals surface area contributed by atoms with Gasteiger partial charge in [0.2, 0.25) is 0 Å². The first-order valence-corrected chi connectivity index (χ1v) is 2.93. The molecular formula is C7H5F2N. The molecule has 3 heteroatoms. The van der Waals surface area contributed by atoms with Crippen LogP contribution in [0.15, 0.2) is 12.1 Å². The van der Waals surface area contributed by atoms with E-state index in [2.05, 4.69) is 0 Å². The van der Waals surface area contributed by atoms with E-state index in [1.54, 1.807) is 0 Å². The number of hydrogen-bond donors (Lipinski definition) is 1. The first-order chi connectivity index (χ1) is 4.70. The highest BCUT2D eigenvalue weighted by Gasteiger charge is 2.33. The Hall–Kier alpha value is -1.12. The number of halogens is 2. The maximum atomic E-state index is 12.5. The van der Waals surface area contributed by atoms with E-state index in [0.29, 0.717) is 11.1 Å². The molecule has 2 rings (SSSR count). The van der Waals surface area contributed by atoms with Crippen molar-refractivity contribution < 1.29 is 8.78 Å². The molecule has 0 fully saturated rings. The van der Waals surface area contributed by atoms with Gasteiger partial charge in [-0.2, -0.15) is 0 Å². The van der Waals surface area contributed by atoms with Gasteiger partial charge in [-0.15, -0.1) is 0 Å². The summed E-state index contributed by atoms with van der Waals surface area (Å²) in [5.41, 5.74) is 6.16. The molecule has 1 aliphatic carbocycles. The maximum absolute atomic E-state index is 12.5. The molecule has 1 atom stereocenters. The molecule has 0 saturated carbocycles. The standard InChI is InChI=1S/C7H5F2N/c8-5-1-3-4(7(3)9)2-6(5)10/h1-2,7H,10H2. The molecule has 1 aromatic carbocycles. The summed E-state index contributed by atoms with van der Waals surface area (Å²) in [6.07, 6.45) is -1.06. The van der Waals surface area contributed by atoms with Crippen molar-refractivity contribution in [2.24, 2.45) is 0 Å². The molecule has 1 nitrogen and oxygen atoms in total. The van der Waals surface area contributed by atoms with Crippen LogP contribution in [0.2, 0.25) is 0 Å². The van der Waals surface area contributed by atoms with Crippen molar-refractivity contribution >= 4 is 5.69 Å². The summed E-state index contributed by atoms with van der Waals surface area (Å²) in [4.78, 5) is 0. The van der Waals surface area contributed by atoms with Crippen molar-refractivity contribution in [2.45, 2.75) is 6.17 Å². The van der Waals surface area contributed by atoms with Crippen LogP contribution in [0.3, 0.4) is 0 Å². The molecule has 0 radical (unpaired) electrons. The second-order valence-electron chi connectivity index (χ2n) is 2.37. The summed E-state index contributed by atoms with van der Waals surface area (Å²) in [5, 5.41) is 0. The van der Waals surface area contributed by atoms with Crippen molar-refractivity contribution in [3.8, 4) is 0 Å². The van der Waals surface area contributed by atoms with Gasteiger partial charge in [0.1, 0.15) is 5.82 Å². The van der Waals surface area contributed by atoms with Crippen LogP contribution in [0.25, 0.3) is 0 Å². The van der Waals surface area contributed by atoms with Crippen molar-refractivity contribution in [3.63, 3.8) is 0 Å². The normalized spacial score (nSPS) is 20.4. The molecule has 0 heterocycles. The summed E-state index contributed by atoms with van der Waals surface area (Å²) in [7, 11) is 0. The molecule has 10 heavy (non-hydrogen) atoms. The van der Waals surface area contributed by atoms with E-state index >= 15 is 0 Å². The number of rotatable bonds is 0. The van der Waals surface area contributed by atoms with Crippen LogP contribution >= 0.6 is 0 Å². The second kappa shape index (κ2) is 1.48. The second-order valence-corrected chi connectivity index (χ2v) is 2.37. The van der Waals surface area contributed by atoms with E-state index < -0.39 is 12.0 Å². The Morgan fingerprint density at radius 3 is 2.50 bits per heavy atom. The van der Waals surface area contributed by atoms with Crippen molar-refractivity contribution in [1.29, 1.82) is 0 Å². The van der Waals surface area contributed by atoms with Crippen LogP contribution in [0.4, 0.5) is 14.5 Å². The Kier molecular flexibility index (Phi) is 0.836. The zero-order valence-electron chi connectivity index (χ0n) is 5.07. The van der Waals surface area contributed by atoms with Gasteiger partial charge in [-0.25, -0.2) is 8.78 Å². The third-order valence-electron chi connectivity index (χ3n) is 1.67. The fourth-order valence-corrected chi connectivity index (χ4v) is 0.995. The maximum Gasteiger partial charge on any atom is 0.151 e. The van der Waals surface area contributed by atoms with Gasteiger partial charge >= 0.3 is 0 Å². The zero-order chi connectivity index (χ0) is 7.30. The van der Waals surface area contributed by atoms with Gasteiger partial charge in [0, 0.05) is 0 Å². The van der Waals surface area contributed by atoms with Crippen LogP contribution in [-0.4, -0.2) is 0 Å². The summed E-state index contributed by atoms with van der Waals surface area (Å²) in [5.74, 6) is -0.529. The van der Waals surface area contributed by atoms with Gasteiger partial charge in [0.25, 0.3) is 0 Å². The summed E-state index contributed by atoms with van der Waals surface area (Å²) in [6, 6.07) is 2.49. The molecule has 1 aliphatic rings. The molecule has 1 aromatic rings. The number of alkyl halides is 1. The Balaban J connectivity index is 2.58. The van der Waals surface area contributed by atoms with E-state index in [1.165, 1.54) is 6.07 Å². The van der Waals surface area contributed by atoms with E-state index in [-0.39, 0.29) is 5.69 Å². The van der Waals surface area contributed by atoms with Crippen LogP contribution in [-0.2, 0) is 0 Å². The summed E-state index contributed by atoms with van der Waals surface area (Å²) >= 11 is 0. The topological polar surface area (TPSA) is 26.0 Å². The highest BCUT2D eigenvalue weighted by atomic mass is 19.1. The minimum Gasteiger partial charge on any atom is -0.396 e. The van der Waals surface area contributed by atoms with Crippen LogP contribution in [0.1, 0.15) is 17.3 Å². The lowest BCUT2D eigenvalue weighted by Gasteiger charge is -1.88. The molecule has 0 spiro atoms. The van der Waals surface area contributed by atoms with E-state index in [0.717, 1.165) is 6.07 Å². The lowest BCUT2D eigenvalue weighted by molar-refractivity contribution is 0.467. The lowest BCUT2D eigenvalue weighted by Crippen LogP contribution is -1.87. The average molecular weight is 141 g/mol. The fraction of sp³-hybridized carbons (Fsp3) is 0.143. The van der Waals surface area contributed by atoms with Gasteiger partial charge in [-0.1, -0.05) is 0 Å². The molecule has 0 bridgehead atoms. The minimum atomic E-state index is -1.06. The molecule has 0 amide bonds. The Morgan fingerprint density at radius 2 is 1.90 bits per heavy atom. The monoisotopic (exact) mass is 141 g/mol. The van der Waals surface area contributed by atoms with Crippen molar-refractivity contribution in [2.75, 3.05) is 5.73 Å². The van der Waals surface area contributed by atoms with Gasteiger partial charge in [0.15, 0.2) is 6.17 Å². The number of nitrogen functional groups attached to an aromatic ring is 1.